The van der Waals surface area contributed by atoms with Crippen molar-refractivity contribution >= 4 is 40.8 Å². The van der Waals surface area contributed by atoms with Gasteiger partial charge in [-0.25, -0.2) is 9.97 Å². The lowest BCUT2D eigenvalue weighted by Gasteiger charge is -2.32. The lowest BCUT2D eigenvalue weighted by atomic mass is 9.88. The molecule has 0 spiro atoms. The molecule has 3 aromatic carbocycles. The molecule has 2 amide bonds. The number of Topliss-reactive ketones (excluding diaryl/α,β-unsaturated/α-hetero) is 3. The highest BCUT2D eigenvalue weighted by atomic mass is 35.5. The number of carbonyl (C=O) groups excluding carboxylic acids is 5. The molecule has 2 heterocycles. The molecule has 1 aliphatic heterocycles. The van der Waals surface area contributed by atoms with Crippen LogP contribution in [0.1, 0.15) is 97.6 Å². The van der Waals surface area contributed by atoms with Gasteiger partial charge in [0, 0.05) is 80.5 Å². The van der Waals surface area contributed by atoms with E-state index in [1.54, 1.807) is 44.2 Å². The Morgan fingerprint density at radius 2 is 1.65 bits per heavy atom. The highest BCUT2D eigenvalue weighted by molar-refractivity contribution is 6.33. The second-order valence-corrected chi connectivity index (χ2v) is 17.1. The van der Waals surface area contributed by atoms with Crippen LogP contribution in [-0.4, -0.2) is 90.0 Å². The Hall–Kier alpha value is -6.05. The van der Waals surface area contributed by atoms with E-state index in [-0.39, 0.29) is 88.5 Å². The summed E-state index contributed by atoms with van der Waals surface area (Å²) in [5.74, 6) is -2.91. The standard InChI is InChI=1S/C50H61ClN8O7/c1-5-6-8-32-10-13-36(40(51)25-32)48-56-29-39(31(3)57-48)43(61)28-35(16-18-53)50(64)59(4)47-34-12-15-46(66-22-20-55)38(27-34)37-24-33(11-14-45(37)65-21-19-54)26-41(42(60)9-7-17-52)58-49(63)30(2)23-44(47)62/h10-15,24-25,27,29-30,35,41,47H,5-9,16,18-23,26,28,53-55H2,1-4H3,(H,58,63)/t30-,35-,41+,47+/m1/s1. The van der Waals surface area contributed by atoms with Gasteiger partial charge in [0.15, 0.2) is 23.2 Å². The van der Waals surface area contributed by atoms with Crippen molar-refractivity contribution in [2.24, 2.45) is 29.0 Å². The first kappa shape index (κ1) is 50.9. The van der Waals surface area contributed by atoms with Crippen molar-refractivity contribution in [2.75, 3.05) is 39.9 Å². The lowest BCUT2D eigenvalue weighted by molar-refractivity contribution is -0.142. The smallest absolute Gasteiger partial charge is 0.226 e. The Labute approximate surface area is 391 Å². The number of unbranched alkanes of at least 4 members (excludes halogenated alkanes) is 1. The molecule has 0 saturated heterocycles. The summed E-state index contributed by atoms with van der Waals surface area (Å²) in [7, 11) is 1.49. The Kier molecular flexibility index (Phi) is 18.9. The molecule has 15 nitrogen and oxygen atoms in total. The average Bonchev–Trinajstić information content (AvgIpc) is 3.30. The number of hydrogen-bond donors (Lipinski definition) is 4. The SMILES string of the molecule is CCCCc1ccc(-c2ncc(C(=O)C[C@@H](CCN)C(=O)N(C)[C@@H]3C(=O)C[C@@H](C)C(=O)N[C@H](C(=O)CCC#N)Cc4ccc(OCCN)c(c4)-c4cc3ccc4OCCN)c(C)n2)c(Cl)c1. The number of fused-ring (bicyclic) bond motifs is 5. The first-order valence-corrected chi connectivity index (χ1v) is 22.9. The van der Waals surface area contributed by atoms with E-state index in [1.807, 2.05) is 30.3 Å². The fraction of sp³-hybridized carbons (Fsp3) is 0.440. The van der Waals surface area contributed by atoms with Crippen molar-refractivity contribution in [3.05, 3.63) is 93.8 Å². The summed E-state index contributed by atoms with van der Waals surface area (Å²) in [6.45, 7) is 6.23. The van der Waals surface area contributed by atoms with Crippen LogP contribution in [-0.2, 0) is 32.0 Å². The molecule has 1 aliphatic rings. The van der Waals surface area contributed by atoms with Gasteiger partial charge in [-0.2, -0.15) is 5.26 Å². The largest absolute Gasteiger partial charge is 0.492 e. The van der Waals surface area contributed by atoms with E-state index >= 15 is 0 Å². The number of hydrogen-bond acceptors (Lipinski definition) is 13. The predicted molar refractivity (Wildman–Crippen MR) is 253 cm³/mol. The fourth-order valence-electron chi connectivity index (χ4n) is 8.12. The number of aromatic nitrogens is 2. The van der Waals surface area contributed by atoms with Crippen molar-refractivity contribution < 1.29 is 33.4 Å². The van der Waals surface area contributed by atoms with E-state index in [4.69, 9.17) is 38.3 Å². The maximum atomic E-state index is 14.8. The maximum Gasteiger partial charge on any atom is 0.226 e. The van der Waals surface area contributed by atoms with Gasteiger partial charge in [0.25, 0.3) is 0 Å². The Morgan fingerprint density at radius 1 is 0.955 bits per heavy atom. The van der Waals surface area contributed by atoms with E-state index in [2.05, 4.69) is 22.2 Å². The highest BCUT2D eigenvalue weighted by Gasteiger charge is 2.36. The first-order valence-electron chi connectivity index (χ1n) is 22.5. The van der Waals surface area contributed by atoms with E-state index in [0.29, 0.717) is 55.9 Å². The summed E-state index contributed by atoms with van der Waals surface area (Å²) in [6.07, 6.45) is 4.00. The molecule has 7 N–H and O–H groups in total. The quantitative estimate of drug-likeness (QED) is 0.0740. The number of aryl methyl sites for hydroxylation is 2. The van der Waals surface area contributed by atoms with Gasteiger partial charge >= 0.3 is 0 Å². The second-order valence-electron chi connectivity index (χ2n) is 16.7. The van der Waals surface area contributed by atoms with Crippen LogP contribution < -0.4 is 32.0 Å². The number of amides is 2. The van der Waals surface area contributed by atoms with E-state index in [1.165, 1.54) is 18.1 Å². The van der Waals surface area contributed by atoms with Gasteiger partial charge in [-0.3, -0.25) is 24.0 Å². The summed E-state index contributed by atoms with van der Waals surface area (Å²) < 4.78 is 12.2. The minimum Gasteiger partial charge on any atom is -0.492 e. The van der Waals surface area contributed by atoms with Gasteiger partial charge in [-0.1, -0.05) is 50.1 Å². The third-order valence-corrected chi connectivity index (χ3v) is 12.0. The number of nitrogens with two attached hydrogens (primary N) is 3. The van der Waals surface area contributed by atoms with Crippen molar-refractivity contribution in [1.29, 1.82) is 5.26 Å². The number of likely N-dealkylation sites (N-methyl/N-ethyl adjacent to an activating group) is 1. The Balaban J connectivity index is 1.55. The van der Waals surface area contributed by atoms with Gasteiger partial charge < -0.3 is 36.9 Å². The molecule has 66 heavy (non-hydrogen) atoms. The molecule has 0 unspecified atom stereocenters. The number of nitrogens with one attached hydrogen (secondary N) is 1. The topological polar surface area (TPSA) is 247 Å². The summed E-state index contributed by atoms with van der Waals surface area (Å²) in [5, 5.41) is 12.6. The van der Waals surface area contributed by atoms with Gasteiger partial charge in [0.1, 0.15) is 30.8 Å². The molecule has 0 saturated carbocycles. The predicted octanol–water partition coefficient (Wildman–Crippen LogP) is 6.04. The third-order valence-electron chi connectivity index (χ3n) is 11.7. The van der Waals surface area contributed by atoms with E-state index in [0.717, 1.165) is 24.8 Å². The number of halogens is 1. The van der Waals surface area contributed by atoms with Crippen molar-refractivity contribution in [3.63, 3.8) is 0 Å². The molecule has 4 bridgehead atoms. The second kappa shape index (κ2) is 24.5. The van der Waals surface area contributed by atoms with E-state index in [9.17, 15) is 29.2 Å². The van der Waals surface area contributed by atoms with Gasteiger partial charge in [-0.05, 0) is 92.2 Å². The molecule has 350 valence electrons. The first-order chi connectivity index (χ1) is 31.7. The van der Waals surface area contributed by atoms with E-state index < -0.39 is 41.5 Å². The molecular formula is C50H61ClN8O7. The minimum atomic E-state index is -1.25. The van der Waals surface area contributed by atoms with Crippen molar-refractivity contribution in [1.82, 2.24) is 20.2 Å². The number of benzene rings is 3. The third kappa shape index (κ3) is 12.8. The molecular weight excluding hydrogens is 860 g/mol. The number of ether oxygens (including phenoxy) is 2. The molecule has 0 aliphatic carbocycles. The van der Waals surface area contributed by atoms with Crippen LogP contribution in [0.3, 0.4) is 0 Å². The zero-order valence-corrected chi connectivity index (χ0v) is 39.0. The lowest BCUT2D eigenvalue weighted by Crippen LogP contribution is -2.46. The molecule has 0 fully saturated rings. The van der Waals surface area contributed by atoms with Crippen LogP contribution in [0, 0.1) is 30.1 Å². The van der Waals surface area contributed by atoms with Gasteiger partial charge in [0.2, 0.25) is 11.8 Å². The van der Waals surface area contributed by atoms with Crippen LogP contribution in [0.5, 0.6) is 11.5 Å². The summed E-state index contributed by atoms with van der Waals surface area (Å²) in [5.41, 5.74) is 22.3. The van der Waals surface area contributed by atoms with Crippen LogP contribution in [0.2, 0.25) is 5.02 Å². The number of rotatable bonds is 20. The minimum absolute atomic E-state index is 0.0347. The monoisotopic (exact) mass is 920 g/mol. The Bertz CT molecular complexity index is 2440. The van der Waals surface area contributed by atoms with Gasteiger partial charge in [-0.15, -0.1) is 0 Å². The number of ketones is 3. The van der Waals surface area contributed by atoms with Crippen LogP contribution in [0.15, 0.2) is 60.8 Å². The van der Waals surface area contributed by atoms with Crippen LogP contribution in [0.4, 0.5) is 0 Å². The van der Waals surface area contributed by atoms with Crippen LogP contribution >= 0.6 is 11.6 Å². The molecule has 4 atom stereocenters. The summed E-state index contributed by atoms with van der Waals surface area (Å²) in [4.78, 5) is 81.2. The molecule has 5 rings (SSSR count). The normalized spacial score (nSPS) is 16.6. The maximum absolute atomic E-state index is 14.8. The van der Waals surface area contributed by atoms with Crippen molar-refractivity contribution in [3.8, 4) is 40.1 Å². The summed E-state index contributed by atoms with van der Waals surface area (Å²) >= 11 is 6.66. The molecule has 4 aromatic rings. The zero-order valence-electron chi connectivity index (χ0n) is 38.2. The number of nitriles is 1. The average molecular weight is 922 g/mol. The number of nitrogens with zero attached hydrogens (tertiary/aromatic N) is 4. The summed E-state index contributed by atoms with van der Waals surface area (Å²) in [6, 6.07) is 16.0. The zero-order chi connectivity index (χ0) is 47.9. The molecule has 16 heteroatoms. The molecule has 1 aromatic heterocycles. The number of carbonyl (C=O) groups is 5. The van der Waals surface area contributed by atoms with Crippen molar-refractivity contribution in [2.45, 2.75) is 90.6 Å². The van der Waals surface area contributed by atoms with Gasteiger partial charge in [0.05, 0.1) is 28.4 Å². The highest BCUT2D eigenvalue weighted by Crippen LogP contribution is 2.41. The fourth-order valence-corrected chi connectivity index (χ4v) is 8.41. The molecule has 0 radical (unpaired) electrons. The van der Waals surface area contributed by atoms with Crippen LogP contribution in [0.25, 0.3) is 22.5 Å². The Morgan fingerprint density at radius 3 is 2.29 bits per heavy atom.